The maximum atomic E-state index is 12.9. The molecular weight excluding hydrogens is 506 g/mol. The maximum Gasteiger partial charge on any atom is 0.353 e. The number of anilines is 3. The standard InChI is InChI=1S/C17H17N9O5S3/c1-31-25-9(5-3-33-17(20)21-5)12(27)24-10-13(28)26-11(15(29)30)6(4-32-14(10)26)34-8-2-7(18)22-16(19)23-8/h2-3,10,14H,4H2,1H3,(H2,20,21)(H,24,27)(H,29,30)(H4,18,19,22,23)/b25-9-/t10-,14-/m1/s1. The Bertz CT molecular complexity index is 1230. The molecule has 14 nitrogen and oxygen atoms in total. The quantitative estimate of drug-likeness (QED) is 0.134. The van der Waals surface area contributed by atoms with Gasteiger partial charge in [0.1, 0.15) is 40.8 Å². The van der Waals surface area contributed by atoms with Gasteiger partial charge in [-0.05, 0) is 0 Å². The number of oxime groups is 1. The summed E-state index contributed by atoms with van der Waals surface area (Å²) < 4.78 is 0. The highest BCUT2D eigenvalue weighted by molar-refractivity contribution is 8.06. The monoisotopic (exact) mass is 523 g/mol. The van der Waals surface area contributed by atoms with Crippen LogP contribution in [0.5, 0.6) is 0 Å². The number of aliphatic carboxylic acids is 1. The summed E-state index contributed by atoms with van der Waals surface area (Å²) in [4.78, 5) is 55.8. The SMILES string of the molecule is CO/N=C(\C(=O)N[C@@H]1C(=O)N2C(C(=O)O)=C(Sc3cc(N)nc(N)n3)CS[C@H]12)c1csc(N)n1. The van der Waals surface area contributed by atoms with Gasteiger partial charge in [-0.15, -0.1) is 23.1 Å². The molecule has 0 unspecified atom stereocenters. The summed E-state index contributed by atoms with van der Waals surface area (Å²) in [6.07, 6.45) is 0. The maximum absolute atomic E-state index is 12.9. The summed E-state index contributed by atoms with van der Waals surface area (Å²) in [6.45, 7) is 0. The van der Waals surface area contributed by atoms with E-state index in [1.54, 1.807) is 0 Å². The topological polar surface area (TPSA) is 225 Å². The first-order valence-corrected chi connectivity index (χ1v) is 12.1. The van der Waals surface area contributed by atoms with Crippen LogP contribution in [0.25, 0.3) is 0 Å². The number of rotatable bonds is 7. The number of nitrogens with two attached hydrogens (primary N) is 3. The van der Waals surface area contributed by atoms with E-state index in [9.17, 15) is 19.5 Å². The van der Waals surface area contributed by atoms with E-state index in [0.717, 1.165) is 28.0 Å². The summed E-state index contributed by atoms with van der Waals surface area (Å²) in [5.74, 6) is -2.26. The van der Waals surface area contributed by atoms with Crippen LogP contribution in [-0.4, -0.2) is 72.7 Å². The Kier molecular flexibility index (Phi) is 6.49. The van der Waals surface area contributed by atoms with E-state index in [2.05, 4.69) is 25.4 Å². The second-order valence-corrected chi connectivity index (χ2v) is 9.83. The molecule has 2 atom stereocenters. The normalized spacial score (nSPS) is 20.0. The number of nitrogen functional groups attached to an aromatic ring is 3. The zero-order valence-electron chi connectivity index (χ0n) is 17.3. The molecule has 178 valence electrons. The van der Waals surface area contributed by atoms with E-state index in [1.807, 2.05) is 0 Å². The molecule has 0 bridgehead atoms. The Balaban J connectivity index is 1.55. The number of carbonyl (C=O) groups is 3. The lowest BCUT2D eigenvalue weighted by Crippen LogP contribution is -2.71. The largest absolute Gasteiger partial charge is 0.477 e. The van der Waals surface area contributed by atoms with Gasteiger partial charge >= 0.3 is 5.97 Å². The minimum atomic E-state index is -1.29. The molecule has 0 spiro atoms. The average Bonchev–Trinajstić information content (AvgIpc) is 3.20. The van der Waals surface area contributed by atoms with Crippen molar-refractivity contribution < 1.29 is 24.3 Å². The highest BCUT2D eigenvalue weighted by atomic mass is 32.2. The van der Waals surface area contributed by atoms with Crippen molar-refractivity contribution >= 4 is 75.3 Å². The summed E-state index contributed by atoms with van der Waals surface area (Å²) in [7, 11) is 1.26. The van der Waals surface area contributed by atoms with Gasteiger partial charge in [0.2, 0.25) is 5.95 Å². The summed E-state index contributed by atoms with van der Waals surface area (Å²) >= 11 is 3.43. The fraction of sp³-hybridized carbons (Fsp3) is 0.235. The Morgan fingerprint density at radius 3 is 2.71 bits per heavy atom. The number of aromatic nitrogens is 3. The van der Waals surface area contributed by atoms with Crippen LogP contribution >= 0.6 is 34.9 Å². The second-order valence-electron chi connectivity index (χ2n) is 6.72. The van der Waals surface area contributed by atoms with E-state index in [-0.39, 0.29) is 39.8 Å². The van der Waals surface area contributed by atoms with Crippen molar-refractivity contribution in [3.8, 4) is 0 Å². The van der Waals surface area contributed by atoms with Crippen LogP contribution in [0.2, 0.25) is 0 Å². The van der Waals surface area contributed by atoms with Crippen LogP contribution in [-0.2, 0) is 19.2 Å². The number of carboxylic acid groups (broad SMARTS) is 1. The molecule has 2 aromatic heterocycles. The average molecular weight is 524 g/mol. The van der Waals surface area contributed by atoms with Crippen LogP contribution in [0.15, 0.2) is 32.2 Å². The highest BCUT2D eigenvalue weighted by Crippen LogP contribution is 2.45. The fourth-order valence-electron chi connectivity index (χ4n) is 3.21. The molecular formula is C17H17N9O5S3. The summed E-state index contributed by atoms with van der Waals surface area (Å²) in [5, 5.41) is 17.6. The molecule has 4 rings (SSSR count). The Labute approximate surface area is 204 Å². The zero-order valence-corrected chi connectivity index (χ0v) is 19.7. The second kappa shape index (κ2) is 9.35. The van der Waals surface area contributed by atoms with E-state index in [1.165, 1.54) is 30.3 Å². The molecule has 2 amide bonds. The Morgan fingerprint density at radius 1 is 1.32 bits per heavy atom. The summed E-state index contributed by atoms with van der Waals surface area (Å²) in [6, 6.07) is 0.481. The van der Waals surface area contributed by atoms with Gasteiger partial charge in [-0.25, -0.2) is 14.8 Å². The van der Waals surface area contributed by atoms with Crippen LogP contribution in [0.3, 0.4) is 0 Å². The van der Waals surface area contributed by atoms with Gasteiger partial charge < -0.3 is 32.5 Å². The van der Waals surface area contributed by atoms with Crippen LogP contribution in [0.1, 0.15) is 5.69 Å². The predicted molar refractivity (Wildman–Crippen MR) is 126 cm³/mol. The van der Waals surface area contributed by atoms with E-state index >= 15 is 0 Å². The van der Waals surface area contributed by atoms with Gasteiger partial charge in [-0.2, -0.15) is 4.98 Å². The van der Waals surface area contributed by atoms with Gasteiger partial charge in [0.15, 0.2) is 10.8 Å². The molecule has 2 aliphatic heterocycles. The van der Waals surface area contributed by atoms with E-state index in [0.29, 0.717) is 9.93 Å². The van der Waals surface area contributed by atoms with Crippen molar-refractivity contribution in [1.82, 2.24) is 25.2 Å². The fourth-order valence-corrected chi connectivity index (χ4v) is 6.25. The number of β-lactam (4-membered cyclic amide) rings is 1. The third-order valence-electron chi connectivity index (χ3n) is 4.55. The van der Waals surface area contributed by atoms with Crippen molar-refractivity contribution in [3.05, 3.63) is 27.7 Å². The first kappa shape index (κ1) is 23.6. The number of fused-ring (bicyclic) bond motifs is 1. The Hall–Kier alpha value is -3.57. The third kappa shape index (κ3) is 4.44. The molecule has 1 saturated heterocycles. The number of thioether (sulfide) groups is 2. The number of carboxylic acids is 1. The van der Waals surface area contributed by atoms with Crippen molar-refractivity contribution in [3.63, 3.8) is 0 Å². The predicted octanol–water partition coefficient (Wildman–Crippen LogP) is -0.481. The van der Waals surface area contributed by atoms with Crippen molar-refractivity contribution in [2.24, 2.45) is 5.16 Å². The minimum absolute atomic E-state index is 0.0560. The molecule has 1 fully saturated rings. The highest BCUT2D eigenvalue weighted by Gasteiger charge is 2.54. The van der Waals surface area contributed by atoms with Gasteiger partial charge in [0.25, 0.3) is 11.8 Å². The molecule has 34 heavy (non-hydrogen) atoms. The van der Waals surface area contributed by atoms with Gasteiger partial charge in [-0.3, -0.25) is 14.5 Å². The molecule has 17 heteroatoms. The van der Waals surface area contributed by atoms with E-state index in [4.69, 9.17) is 22.0 Å². The van der Waals surface area contributed by atoms with Crippen molar-refractivity contribution in [1.29, 1.82) is 0 Å². The smallest absolute Gasteiger partial charge is 0.353 e. The number of nitrogens with zero attached hydrogens (tertiary/aromatic N) is 5. The lowest BCUT2D eigenvalue weighted by Gasteiger charge is -2.49. The lowest BCUT2D eigenvalue weighted by molar-refractivity contribution is -0.150. The number of amides is 2. The van der Waals surface area contributed by atoms with Crippen LogP contribution < -0.4 is 22.5 Å². The number of nitrogens with one attached hydrogen (secondary N) is 1. The number of thiazole rings is 1. The molecule has 2 aliphatic rings. The Morgan fingerprint density at radius 2 is 2.09 bits per heavy atom. The first-order chi connectivity index (χ1) is 16.2. The molecule has 0 saturated carbocycles. The molecule has 0 aliphatic carbocycles. The van der Waals surface area contributed by atoms with Crippen LogP contribution in [0, 0.1) is 0 Å². The summed E-state index contributed by atoms with van der Waals surface area (Å²) in [5.41, 5.74) is 16.7. The lowest BCUT2D eigenvalue weighted by atomic mass is 10.0. The number of hydrogen-bond acceptors (Lipinski definition) is 14. The van der Waals surface area contributed by atoms with Gasteiger partial charge in [-0.1, -0.05) is 16.9 Å². The minimum Gasteiger partial charge on any atom is -0.477 e. The third-order valence-corrected chi connectivity index (χ3v) is 7.69. The molecule has 8 N–H and O–H groups in total. The van der Waals surface area contributed by atoms with Gasteiger partial charge in [0, 0.05) is 22.1 Å². The molecule has 4 heterocycles. The van der Waals surface area contributed by atoms with E-state index < -0.39 is 29.2 Å². The van der Waals surface area contributed by atoms with Crippen LogP contribution in [0.4, 0.5) is 16.9 Å². The molecule has 0 aromatic carbocycles. The van der Waals surface area contributed by atoms with Crippen molar-refractivity contribution in [2.45, 2.75) is 16.4 Å². The number of hydrogen-bond donors (Lipinski definition) is 5. The van der Waals surface area contributed by atoms with Crippen molar-refractivity contribution in [2.75, 3.05) is 30.1 Å². The zero-order chi connectivity index (χ0) is 24.6. The van der Waals surface area contributed by atoms with Gasteiger partial charge in [0.05, 0.1) is 0 Å². The molecule has 2 aromatic rings. The first-order valence-electron chi connectivity index (χ1n) is 9.32. The number of carbonyl (C=O) groups excluding carboxylic acids is 2. The molecule has 0 radical (unpaired) electrons.